The van der Waals surface area contributed by atoms with E-state index in [0.717, 1.165) is 4.48 Å². The standard InChI is InChI=1S/C17H34N/c1-5-7-8-9-10-11-12-13-14-15-17-18(3,4)16-6-2/h16H,2,5,7-15,17H2,1,3-4H3/q+1. The molecule has 0 saturated heterocycles. The molecule has 0 aromatic carbocycles. The zero-order valence-electron chi connectivity index (χ0n) is 13.0. The third-order valence-corrected chi connectivity index (χ3v) is 3.53. The van der Waals surface area contributed by atoms with Gasteiger partial charge in [-0.25, -0.2) is 0 Å². The number of hydrogen-bond donors (Lipinski definition) is 0. The third-order valence-electron chi connectivity index (χ3n) is 3.53. The summed E-state index contributed by atoms with van der Waals surface area (Å²) >= 11 is 0. The summed E-state index contributed by atoms with van der Waals surface area (Å²) < 4.78 is 0.917. The molecule has 0 fully saturated rings. The predicted molar refractivity (Wildman–Crippen MR) is 82.5 cm³/mol. The van der Waals surface area contributed by atoms with E-state index in [4.69, 9.17) is 0 Å². The number of nitrogens with zero attached hydrogens (tertiary/aromatic N) is 1. The number of quaternary nitrogens is 1. The molecule has 0 aliphatic carbocycles. The maximum atomic E-state index is 3.65. The highest BCUT2D eigenvalue weighted by Crippen LogP contribution is 2.11. The summed E-state index contributed by atoms with van der Waals surface area (Å²) in [6, 6.07) is 0. The maximum absolute atomic E-state index is 3.65. The molecule has 0 amide bonds. The molecule has 0 aliphatic rings. The molecule has 0 rings (SSSR count). The first-order valence-electron chi connectivity index (χ1n) is 7.82. The average molecular weight is 252 g/mol. The van der Waals surface area contributed by atoms with Crippen molar-refractivity contribution >= 4 is 0 Å². The molecule has 0 heterocycles. The van der Waals surface area contributed by atoms with Crippen molar-refractivity contribution in [1.82, 2.24) is 0 Å². The van der Waals surface area contributed by atoms with Gasteiger partial charge in [0.1, 0.15) is 6.20 Å². The van der Waals surface area contributed by atoms with Crippen LogP contribution in [-0.4, -0.2) is 25.1 Å². The lowest BCUT2D eigenvalue weighted by Gasteiger charge is -2.23. The quantitative estimate of drug-likeness (QED) is 0.252. The Morgan fingerprint density at radius 1 is 0.833 bits per heavy atom. The normalized spacial score (nSPS) is 11.3. The van der Waals surface area contributed by atoms with Crippen LogP contribution in [0.25, 0.3) is 0 Å². The SMILES string of the molecule is C=C=C[N+](C)(C)CCCCCCCCCCCC. The zero-order chi connectivity index (χ0) is 13.7. The summed E-state index contributed by atoms with van der Waals surface area (Å²) in [6.45, 7) is 7.14. The van der Waals surface area contributed by atoms with Crippen LogP contribution < -0.4 is 0 Å². The first kappa shape index (κ1) is 17.5. The van der Waals surface area contributed by atoms with Crippen molar-refractivity contribution in [3.8, 4) is 0 Å². The van der Waals surface area contributed by atoms with E-state index in [-0.39, 0.29) is 0 Å². The Hall–Kier alpha value is -0.520. The van der Waals surface area contributed by atoms with Crippen LogP contribution in [0.1, 0.15) is 71.1 Å². The minimum atomic E-state index is 0.917. The molecule has 0 N–H and O–H groups in total. The fourth-order valence-corrected chi connectivity index (χ4v) is 2.32. The van der Waals surface area contributed by atoms with Crippen LogP contribution in [0.5, 0.6) is 0 Å². The van der Waals surface area contributed by atoms with Crippen LogP contribution in [-0.2, 0) is 0 Å². The Morgan fingerprint density at radius 3 is 1.72 bits per heavy atom. The van der Waals surface area contributed by atoms with E-state index in [1.54, 1.807) is 0 Å². The number of unbranched alkanes of at least 4 members (excludes halogenated alkanes) is 9. The highest BCUT2D eigenvalue weighted by atomic mass is 15.3. The lowest BCUT2D eigenvalue weighted by atomic mass is 10.1. The van der Waals surface area contributed by atoms with Crippen LogP contribution in [0.4, 0.5) is 0 Å². The second-order valence-electron chi connectivity index (χ2n) is 6.02. The van der Waals surface area contributed by atoms with Crippen molar-refractivity contribution in [3.05, 3.63) is 18.5 Å². The van der Waals surface area contributed by atoms with Crippen molar-refractivity contribution in [3.63, 3.8) is 0 Å². The van der Waals surface area contributed by atoms with Gasteiger partial charge in [-0.05, 0) is 12.8 Å². The first-order valence-corrected chi connectivity index (χ1v) is 7.82. The van der Waals surface area contributed by atoms with E-state index >= 15 is 0 Å². The van der Waals surface area contributed by atoms with Crippen molar-refractivity contribution in [2.24, 2.45) is 0 Å². The molecule has 0 aliphatic heterocycles. The Labute approximate surface area is 115 Å². The molecule has 106 valence electrons. The second kappa shape index (κ2) is 11.6. The van der Waals surface area contributed by atoms with Gasteiger partial charge >= 0.3 is 0 Å². The Kier molecular flexibility index (Phi) is 11.2. The molecule has 1 nitrogen and oxygen atoms in total. The van der Waals surface area contributed by atoms with Gasteiger partial charge in [0.25, 0.3) is 0 Å². The lowest BCUT2D eigenvalue weighted by molar-refractivity contribution is -0.839. The molecule has 0 aromatic rings. The van der Waals surface area contributed by atoms with Crippen molar-refractivity contribution in [1.29, 1.82) is 0 Å². The Balaban J connectivity index is 3.23. The van der Waals surface area contributed by atoms with Crippen molar-refractivity contribution in [2.75, 3.05) is 20.6 Å². The van der Waals surface area contributed by atoms with Crippen LogP contribution in [0.2, 0.25) is 0 Å². The molecular formula is C17H34N+. The molecular weight excluding hydrogens is 218 g/mol. The highest BCUT2D eigenvalue weighted by molar-refractivity contribution is 4.65. The van der Waals surface area contributed by atoms with Crippen LogP contribution in [0, 0.1) is 0 Å². The van der Waals surface area contributed by atoms with E-state index in [0.29, 0.717) is 0 Å². The summed E-state index contributed by atoms with van der Waals surface area (Å²) in [5.41, 5.74) is 2.89. The molecule has 0 saturated carbocycles. The Morgan fingerprint density at radius 2 is 1.28 bits per heavy atom. The van der Waals surface area contributed by atoms with E-state index in [2.05, 4.69) is 33.3 Å². The minimum absolute atomic E-state index is 0.917. The van der Waals surface area contributed by atoms with Crippen LogP contribution in [0.15, 0.2) is 18.5 Å². The lowest BCUT2D eigenvalue weighted by Crippen LogP contribution is -2.33. The smallest absolute Gasteiger partial charge is 0.138 e. The van der Waals surface area contributed by atoms with E-state index in [1.165, 1.54) is 70.8 Å². The summed E-state index contributed by atoms with van der Waals surface area (Å²) in [6.07, 6.45) is 16.1. The largest absolute Gasteiger partial charge is 0.295 e. The molecule has 18 heavy (non-hydrogen) atoms. The van der Waals surface area contributed by atoms with Gasteiger partial charge in [0.2, 0.25) is 0 Å². The van der Waals surface area contributed by atoms with Crippen LogP contribution >= 0.6 is 0 Å². The molecule has 0 unspecified atom stereocenters. The van der Waals surface area contributed by atoms with Gasteiger partial charge in [0.05, 0.1) is 20.6 Å². The van der Waals surface area contributed by atoms with Gasteiger partial charge in [0.15, 0.2) is 0 Å². The monoisotopic (exact) mass is 252 g/mol. The zero-order valence-corrected chi connectivity index (χ0v) is 13.0. The number of hydrogen-bond acceptors (Lipinski definition) is 0. The summed E-state index contributed by atoms with van der Waals surface area (Å²) in [5.74, 6) is 0. The van der Waals surface area contributed by atoms with Gasteiger partial charge in [-0.2, -0.15) is 0 Å². The van der Waals surface area contributed by atoms with Gasteiger partial charge in [-0.3, -0.25) is 4.48 Å². The first-order chi connectivity index (χ1) is 8.62. The molecule has 0 radical (unpaired) electrons. The molecule has 0 aromatic heterocycles. The van der Waals surface area contributed by atoms with Crippen molar-refractivity contribution < 1.29 is 4.48 Å². The minimum Gasteiger partial charge on any atom is -0.295 e. The van der Waals surface area contributed by atoms with Gasteiger partial charge in [0, 0.05) is 0 Å². The van der Waals surface area contributed by atoms with Crippen LogP contribution in [0.3, 0.4) is 0 Å². The highest BCUT2D eigenvalue weighted by Gasteiger charge is 2.09. The van der Waals surface area contributed by atoms with Gasteiger partial charge in [-0.15, -0.1) is 0 Å². The average Bonchev–Trinajstić information content (AvgIpc) is 2.31. The fourth-order valence-electron chi connectivity index (χ4n) is 2.32. The molecule has 0 bridgehead atoms. The van der Waals surface area contributed by atoms with E-state index in [9.17, 15) is 0 Å². The molecule has 0 spiro atoms. The summed E-state index contributed by atoms with van der Waals surface area (Å²) in [4.78, 5) is 0. The van der Waals surface area contributed by atoms with Crippen molar-refractivity contribution in [2.45, 2.75) is 71.1 Å². The van der Waals surface area contributed by atoms with Gasteiger partial charge in [-0.1, -0.05) is 70.6 Å². The third kappa shape index (κ3) is 12.0. The molecule has 0 atom stereocenters. The fraction of sp³-hybridized carbons (Fsp3) is 0.824. The second-order valence-corrected chi connectivity index (χ2v) is 6.02. The Bertz CT molecular complexity index is 224. The predicted octanol–water partition coefficient (Wildman–Crippen LogP) is 5.28. The van der Waals surface area contributed by atoms with E-state index < -0.39 is 0 Å². The van der Waals surface area contributed by atoms with E-state index in [1.807, 2.05) is 6.20 Å². The topological polar surface area (TPSA) is 0 Å². The molecule has 1 heteroatoms. The van der Waals surface area contributed by atoms with Gasteiger partial charge < -0.3 is 0 Å². The summed E-state index contributed by atoms with van der Waals surface area (Å²) in [5, 5.41) is 0. The number of rotatable bonds is 12. The summed E-state index contributed by atoms with van der Waals surface area (Å²) in [7, 11) is 4.43. The maximum Gasteiger partial charge on any atom is 0.138 e.